The molecule has 0 saturated heterocycles. The van der Waals surface area contributed by atoms with Crippen LogP contribution in [-0.4, -0.2) is 35.9 Å². The van der Waals surface area contributed by atoms with Gasteiger partial charge in [0.25, 0.3) is 0 Å². The van der Waals surface area contributed by atoms with Gasteiger partial charge in [-0.15, -0.1) is 0 Å². The van der Waals surface area contributed by atoms with Crippen molar-refractivity contribution in [3.8, 4) is 0 Å². The maximum atomic E-state index is 14.0. The monoisotopic (exact) mass is 519 g/mol. The minimum atomic E-state index is -3.08. The number of sulfone groups is 1. The number of halogens is 2. The van der Waals surface area contributed by atoms with E-state index in [-0.39, 0.29) is 11.7 Å². The van der Waals surface area contributed by atoms with E-state index >= 15 is 0 Å². The van der Waals surface area contributed by atoms with E-state index in [2.05, 4.69) is 0 Å². The number of nitrogens with zero attached hydrogens (tertiary/aromatic N) is 3. The standard InChI is InChI=1S/C25H27Cl2N3O3S/c1-34(32,33)14-6-13-29-20-10-9-17(26)15-19(20)28-22(29)16-30-21-8-5-7-18(27)23(21)25(24(30)31)11-3-2-4-12-25/h5,7-10,15H,2-4,6,11-14,16H2,1H3. The summed E-state index contributed by atoms with van der Waals surface area (Å²) < 4.78 is 25.4. The van der Waals surface area contributed by atoms with Crippen molar-refractivity contribution < 1.29 is 13.2 Å². The quantitative estimate of drug-likeness (QED) is 0.429. The molecule has 1 aliphatic carbocycles. The molecule has 1 spiro atoms. The normalized spacial score (nSPS) is 17.6. The van der Waals surface area contributed by atoms with E-state index in [9.17, 15) is 13.2 Å². The summed E-state index contributed by atoms with van der Waals surface area (Å²) >= 11 is 12.9. The van der Waals surface area contributed by atoms with E-state index in [1.165, 1.54) is 6.26 Å². The largest absolute Gasteiger partial charge is 0.326 e. The van der Waals surface area contributed by atoms with Crippen molar-refractivity contribution in [3.05, 3.63) is 57.8 Å². The maximum Gasteiger partial charge on any atom is 0.238 e. The molecule has 2 aromatic carbocycles. The van der Waals surface area contributed by atoms with Gasteiger partial charge < -0.3 is 9.47 Å². The van der Waals surface area contributed by atoms with Crippen LogP contribution in [0.5, 0.6) is 0 Å². The highest BCUT2D eigenvalue weighted by Crippen LogP contribution is 2.53. The molecule has 5 rings (SSSR count). The van der Waals surface area contributed by atoms with Gasteiger partial charge in [-0.3, -0.25) is 4.79 Å². The van der Waals surface area contributed by atoms with Gasteiger partial charge in [0.2, 0.25) is 5.91 Å². The molecule has 2 heterocycles. The molecule has 0 atom stereocenters. The first-order valence-corrected chi connectivity index (χ1v) is 14.4. The summed E-state index contributed by atoms with van der Waals surface area (Å²) in [6, 6.07) is 11.2. The number of hydrogen-bond donors (Lipinski definition) is 0. The Hall–Kier alpha value is -2.09. The van der Waals surface area contributed by atoms with Crippen LogP contribution in [0.3, 0.4) is 0 Å². The summed E-state index contributed by atoms with van der Waals surface area (Å²) in [5.41, 5.74) is 2.84. The zero-order chi connectivity index (χ0) is 24.1. The fraction of sp³-hybridized carbons (Fsp3) is 0.440. The molecule has 0 unspecified atom stereocenters. The van der Waals surface area contributed by atoms with Crippen molar-refractivity contribution in [3.63, 3.8) is 0 Å². The summed E-state index contributed by atoms with van der Waals surface area (Å²) in [5.74, 6) is 0.880. The van der Waals surface area contributed by atoms with E-state index in [1.807, 2.05) is 33.7 Å². The number of aryl methyl sites for hydroxylation is 1. The molecule has 1 amide bonds. The summed E-state index contributed by atoms with van der Waals surface area (Å²) in [6.07, 6.45) is 6.46. The van der Waals surface area contributed by atoms with Crippen molar-refractivity contribution in [2.75, 3.05) is 16.9 Å². The van der Waals surface area contributed by atoms with Crippen molar-refractivity contribution in [2.24, 2.45) is 0 Å². The number of imidazole rings is 1. The van der Waals surface area contributed by atoms with Crippen LogP contribution in [-0.2, 0) is 33.1 Å². The summed E-state index contributed by atoms with van der Waals surface area (Å²) in [7, 11) is -3.08. The van der Waals surface area contributed by atoms with Crippen molar-refractivity contribution >= 4 is 55.7 Å². The van der Waals surface area contributed by atoms with Crippen LogP contribution in [0.25, 0.3) is 11.0 Å². The lowest BCUT2D eigenvalue weighted by Crippen LogP contribution is -2.41. The second-order valence-corrected chi connectivity index (χ2v) is 12.6. The fourth-order valence-corrected chi connectivity index (χ4v) is 6.78. The first kappa shape index (κ1) is 23.6. The van der Waals surface area contributed by atoms with Crippen LogP contribution in [0.15, 0.2) is 36.4 Å². The molecule has 1 saturated carbocycles. The van der Waals surface area contributed by atoms with Gasteiger partial charge >= 0.3 is 0 Å². The van der Waals surface area contributed by atoms with Crippen molar-refractivity contribution in [1.29, 1.82) is 0 Å². The minimum absolute atomic E-state index is 0.0862. The Kier molecular flexibility index (Phi) is 6.15. The predicted octanol–water partition coefficient (Wildman–Crippen LogP) is 5.53. The summed E-state index contributed by atoms with van der Waals surface area (Å²) in [6.45, 7) is 0.773. The van der Waals surface area contributed by atoms with E-state index in [0.717, 1.165) is 54.4 Å². The molecular formula is C25H27Cl2N3O3S. The molecule has 1 aliphatic heterocycles. The molecule has 2 aliphatic rings. The van der Waals surface area contributed by atoms with E-state index in [1.54, 1.807) is 12.1 Å². The van der Waals surface area contributed by atoms with Crippen LogP contribution in [0.2, 0.25) is 10.0 Å². The topological polar surface area (TPSA) is 72.3 Å². The number of carbonyl (C=O) groups is 1. The van der Waals surface area contributed by atoms with Crippen LogP contribution < -0.4 is 4.90 Å². The lowest BCUT2D eigenvalue weighted by atomic mass is 9.70. The molecule has 0 bridgehead atoms. The SMILES string of the molecule is CS(=O)(=O)CCCn1c(CN2C(=O)C3(CCCCC3)c3c(Cl)cccc32)nc2cc(Cl)ccc21. The van der Waals surface area contributed by atoms with Gasteiger partial charge in [-0.1, -0.05) is 48.5 Å². The number of carbonyl (C=O) groups excluding carboxylic acids is 1. The Labute approximate surface area is 209 Å². The Balaban J connectivity index is 1.56. The summed E-state index contributed by atoms with van der Waals surface area (Å²) in [4.78, 5) is 20.6. The van der Waals surface area contributed by atoms with Crippen LogP contribution in [0.4, 0.5) is 5.69 Å². The Morgan fingerprint density at radius 1 is 1.09 bits per heavy atom. The number of aromatic nitrogens is 2. The predicted molar refractivity (Wildman–Crippen MR) is 136 cm³/mol. The number of anilines is 1. The van der Waals surface area contributed by atoms with Crippen LogP contribution >= 0.6 is 23.2 Å². The first-order valence-electron chi connectivity index (χ1n) is 11.6. The average Bonchev–Trinajstić information content (AvgIpc) is 3.22. The smallest absolute Gasteiger partial charge is 0.238 e. The second-order valence-electron chi connectivity index (χ2n) is 9.46. The third-order valence-electron chi connectivity index (χ3n) is 7.11. The Bertz CT molecular complexity index is 1380. The number of fused-ring (bicyclic) bond motifs is 3. The second kappa shape index (κ2) is 8.85. The average molecular weight is 520 g/mol. The van der Waals surface area contributed by atoms with Crippen molar-refractivity contribution in [2.45, 2.75) is 57.0 Å². The van der Waals surface area contributed by atoms with Gasteiger partial charge in [0, 0.05) is 34.1 Å². The molecular weight excluding hydrogens is 493 g/mol. The summed E-state index contributed by atoms with van der Waals surface area (Å²) in [5, 5.41) is 1.22. The highest BCUT2D eigenvalue weighted by atomic mass is 35.5. The Morgan fingerprint density at radius 3 is 2.59 bits per heavy atom. The first-order chi connectivity index (χ1) is 16.2. The third-order valence-corrected chi connectivity index (χ3v) is 8.69. The lowest BCUT2D eigenvalue weighted by Gasteiger charge is -2.33. The van der Waals surface area contributed by atoms with Crippen molar-refractivity contribution in [1.82, 2.24) is 9.55 Å². The molecule has 6 nitrogen and oxygen atoms in total. The number of benzene rings is 2. The molecule has 9 heteroatoms. The molecule has 0 radical (unpaired) electrons. The van der Waals surface area contributed by atoms with Gasteiger partial charge in [0.05, 0.1) is 28.7 Å². The molecule has 180 valence electrons. The van der Waals surface area contributed by atoms with Crippen LogP contribution in [0, 0.1) is 0 Å². The zero-order valence-corrected chi connectivity index (χ0v) is 21.4. The molecule has 1 fully saturated rings. The van der Waals surface area contributed by atoms with Crippen LogP contribution in [0.1, 0.15) is 49.9 Å². The Morgan fingerprint density at radius 2 is 1.85 bits per heavy atom. The van der Waals surface area contributed by atoms with Gasteiger partial charge in [-0.25, -0.2) is 13.4 Å². The molecule has 3 aromatic rings. The highest BCUT2D eigenvalue weighted by Gasteiger charge is 2.52. The van der Waals surface area contributed by atoms with E-state index in [0.29, 0.717) is 35.4 Å². The number of amides is 1. The van der Waals surface area contributed by atoms with E-state index in [4.69, 9.17) is 28.2 Å². The molecule has 1 aromatic heterocycles. The zero-order valence-electron chi connectivity index (χ0n) is 19.1. The number of hydrogen-bond acceptors (Lipinski definition) is 4. The highest BCUT2D eigenvalue weighted by molar-refractivity contribution is 7.90. The molecule has 0 N–H and O–H groups in total. The van der Waals surface area contributed by atoms with Gasteiger partial charge in [0.15, 0.2) is 0 Å². The van der Waals surface area contributed by atoms with Gasteiger partial charge in [0.1, 0.15) is 15.7 Å². The molecule has 34 heavy (non-hydrogen) atoms. The number of rotatable bonds is 6. The fourth-order valence-electron chi connectivity index (χ4n) is 5.61. The lowest BCUT2D eigenvalue weighted by molar-refractivity contribution is -0.124. The van der Waals surface area contributed by atoms with Gasteiger partial charge in [-0.2, -0.15) is 0 Å². The van der Waals surface area contributed by atoms with Gasteiger partial charge in [-0.05, 0) is 49.6 Å². The third kappa shape index (κ3) is 4.12. The maximum absolute atomic E-state index is 14.0. The van der Waals surface area contributed by atoms with E-state index < -0.39 is 15.3 Å². The minimum Gasteiger partial charge on any atom is -0.326 e.